The van der Waals surface area contributed by atoms with Gasteiger partial charge in [-0.25, -0.2) is 14.4 Å². The zero-order valence-electron chi connectivity index (χ0n) is 15.1. The summed E-state index contributed by atoms with van der Waals surface area (Å²) in [5.41, 5.74) is 1.93. The first-order valence-corrected chi connectivity index (χ1v) is 9.25. The number of amides is 1. The smallest absolute Gasteiger partial charge is 0.270 e. The zero-order chi connectivity index (χ0) is 18.4. The molecular weight excluding hydrogens is 331 g/mol. The fourth-order valence-electron chi connectivity index (χ4n) is 3.23. The van der Waals surface area contributed by atoms with E-state index in [-0.39, 0.29) is 11.7 Å². The Morgan fingerprint density at radius 3 is 2.50 bits per heavy atom. The second-order valence-electron chi connectivity index (χ2n) is 6.86. The van der Waals surface area contributed by atoms with Gasteiger partial charge in [0.25, 0.3) is 5.91 Å². The van der Waals surface area contributed by atoms with Crippen molar-refractivity contribution >= 4 is 11.9 Å². The molecule has 138 valence electrons. The van der Waals surface area contributed by atoms with Crippen LogP contribution < -0.4 is 10.6 Å². The Hall–Kier alpha value is -2.50. The summed E-state index contributed by atoms with van der Waals surface area (Å²) in [4.78, 5) is 21.2. The number of aromatic nitrogens is 2. The molecule has 1 aromatic heterocycles. The molecule has 0 aliphatic heterocycles. The molecule has 2 aromatic rings. The predicted molar refractivity (Wildman–Crippen MR) is 99.5 cm³/mol. The van der Waals surface area contributed by atoms with Crippen molar-refractivity contribution in [2.45, 2.75) is 58.0 Å². The van der Waals surface area contributed by atoms with E-state index in [1.807, 2.05) is 6.92 Å². The van der Waals surface area contributed by atoms with E-state index < -0.39 is 0 Å². The lowest BCUT2D eigenvalue weighted by Crippen LogP contribution is -2.26. The van der Waals surface area contributed by atoms with Crippen LogP contribution in [0.1, 0.15) is 60.3 Å². The van der Waals surface area contributed by atoms with E-state index in [2.05, 4.69) is 20.6 Å². The number of hydrogen-bond donors (Lipinski definition) is 2. The lowest BCUT2D eigenvalue weighted by Gasteiger charge is -2.17. The average molecular weight is 356 g/mol. The van der Waals surface area contributed by atoms with Crippen molar-refractivity contribution < 1.29 is 9.18 Å². The molecule has 1 saturated carbocycles. The highest BCUT2D eigenvalue weighted by atomic mass is 19.1. The van der Waals surface area contributed by atoms with Gasteiger partial charge in [0.1, 0.15) is 11.5 Å². The quantitative estimate of drug-likeness (QED) is 0.795. The second-order valence-corrected chi connectivity index (χ2v) is 6.86. The monoisotopic (exact) mass is 356 g/mol. The topological polar surface area (TPSA) is 66.9 Å². The maximum atomic E-state index is 12.9. The summed E-state index contributed by atoms with van der Waals surface area (Å²) in [7, 11) is 0. The minimum Gasteiger partial charge on any atom is -0.351 e. The molecule has 1 fully saturated rings. The number of rotatable bonds is 5. The largest absolute Gasteiger partial charge is 0.351 e. The van der Waals surface area contributed by atoms with Crippen LogP contribution in [0.5, 0.6) is 0 Å². The number of halogens is 1. The summed E-state index contributed by atoms with van der Waals surface area (Å²) in [5, 5.41) is 6.22. The Morgan fingerprint density at radius 1 is 1.12 bits per heavy atom. The van der Waals surface area contributed by atoms with Gasteiger partial charge in [-0.2, -0.15) is 0 Å². The highest BCUT2D eigenvalue weighted by Gasteiger charge is 2.15. The van der Waals surface area contributed by atoms with Crippen molar-refractivity contribution in [2.75, 3.05) is 5.32 Å². The Kier molecular flexibility index (Phi) is 6.15. The number of hydrogen-bond acceptors (Lipinski definition) is 4. The summed E-state index contributed by atoms with van der Waals surface area (Å²) < 4.78 is 12.9. The average Bonchev–Trinajstić information content (AvgIpc) is 2.89. The second kappa shape index (κ2) is 8.74. The molecule has 5 nitrogen and oxygen atoms in total. The number of nitrogens with zero attached hydrogens (tertiary/aromatic N) is 2. The van der Waals surface area contributed by atoms with Crippen molar-refractivity contribution in [3.63, 3.8) is 0 Å². The van der Waals surface area contributed by atoms with Crippen LogP contribution in [0, 0.1) is 12.7 Å². The third-order valence-corrected chi connectivity index (χ3v) is 4.64. The van der Waals surface area contributed by atoms with Crippen molar-refractivity contribution in [1.29, 1.82) is 0 Å². The van der Waals surface area contributed by atoms with E-state index in [0.717, 1.165) is 24.1 Å². The molecular formula is C20H25FN4O. The molecule has 0 radical (unpaired) electrons. The summed E-state index contributed by atoms with van der Waals surface area (Å²) in [5.74, 6) is -0.0340. The molecule has 0 spiro atoms. The molecule has 6 heteroatoms. The molecule has 1 amide bonds. The van der Waals surface area contributed by atoms with Crippen molar-refractivity contribution in [1.82, 2.24) is 15.3 Å². The summed E-state index contributed by atoms with van der Waals surface area (Å²) in [6, 6.07) is 8.11. The molecule has 3 rings (SSSR count). The van der Waals surface area contributed by atoms with Gasteiger partial charge in [-0.15, -0.1) is 0 Å². The molecule has 1 aliphatic carbocycles. The van der Waals surface area contributed by atoms with Crippen LogP contribution >= 0.6 is 0 Å². The van der Waals surface area contributed by atoms with Gasteiger partial charge in [-0.05, 0) is 43.5 Å². The van der Waals surface area contributed by atoms with Crippen molar-refractivity contribution in [3.05, 3.63) is 53.1 Å². The third kappa shape index (κ3) is 5.25. The first-order chi connectivity index (χ1) is 12.6. The Labute approximate surface area is 153 Å². The van der Waals surface area contributed by atoms with E-state index >= 15 is 0 Å². The molecule has 2 N–H and O–H groups in total. The SMILES string of the molecule is Cc1cc(C(=O)NCc2ccc(F)cc2)nc(NC2CCCCCC2)n1. The molecule has 1 heterocycles. The van der Waals surface area contributed by atoms with Crippen molar-refractivity contribution in [2.24, 2.45) is 0 Å². The minimum absolute atomic E-state index is 0.260. The molecule has 0 bridgehead atoms. The highest BCUT2D eigenvalue weighted by molar-refractivity contribution is 5.92. The molecule has 0 saturated heterocycles. The van der Waals surface area contributed by atoms with Gasteiger partial charge in [0.2, 0.25) is 5.95 Å². The number of carbonyl (C=O) groups is 1. The Balaban J connectivity index is 1.63. The van der Waals surface area contributed by atoms with E-state index in [1.54, 1.807) is 18.2 Å². The number of aryl methyl sites for hydroxylation is 1. The fourth-order valence-corrected chi connectivity index (χ4v) is 3.23. The van der Waals surface area contributed by atoms with Crippen LogP contribution in [0.4, 0.5) is 10.3 Å². The molecule has 26 heavy (non-hydrogen) atoms. The summed E-state index contributed by atoms with van der Waals surface area (Å²) in [6.07, 6.45) is 7.23. The van der Waals surface area contributed by atoms with Gasteiger partial charge >= 0.3 is 0 Å². The van der Waals surface area contributed by atoms with Crippen LogP contribution in [0.3, 0.4) is 0 Å². The van der Waals surface area contributed by atoms with Crippen LogP contribution in [0.2, 0.25) is 0 Å². The standard InChI is InChI=1S/C20H25FN4O/c1-14-12-18(19(26)22-13-15-8-10-16(21)11-9-15)25-20(23-14)24-17-6-4-2-3-5-7-17/h8-12,17H,2-7,13H2,1H3,(H,22,26)(H,23,24,25). The van der Waals surface area contributed by atoms with E-state index in [0.29, 0.717) is 24.2 Å². The lowest BCUT2D eigenvalue weighted by atomic mass is 10.1. The van der Waals surface area contributed by atoms with Crippen LogP contribution in [-0.4, -0.2) is 21.9 Å². The Bertz CT molecular complexity index is 740. The highest BCUT2D eigenvalue weighted by Crippen LogP contribution is 2.20. The van der Waals surface area contributed by atoms with E-state index in [1.165, 1.54) is 37.8 Å². The van der Waals surface area contributed by atoms with Crippen LogP contribution in [-0.2, 0) is 6.54 Å². The normalized spacial score (nSPS) is 15.3. The van der Waals surface area contributed by atoms with Gasteiger partial charge < -0.3 is 10.6 Å². The van der Waals surface area contributed by atoms with Gasteiger partial charge in [0.15, 0.2) is 0 Å². The number of carbonyl (C=O) groups excluding carboxylic acids is 1. The molecule has 1 aliphatic rings. The predicted octanol–water partition coefficient (Wildman–Crippen LogP) is 3.99. The lowest BCUT2D eigenvalue weighted by molar-refractivity contribution is 0.0945. The van der Waals surface area contributed by atoms with Crippen LogP contribution in [0.15, 0.2) is 30.3 Å². The number of anilines is 1. The summed E-state index contributed by atoms with van der Waals surface area (Å²) >= 11 is 0. The maximum absolute atomic E-state index is 12.9. The first kappa shape index (κ1) is 18.3. The molecule has 0 unspecified atom stereocenters. The van der Waals surface area contributed by atoms with E-state index in [4.69, 9.17) is 0 Å². The number of nitrogens with one attached hydrogen (secondary N) is 2. The van der Waals surface area contributed by atoms with Gasteiger partial charge in [0.05, 0.1) is 0 Å². The Morgan fingerprint density at radius 2 is 1.81 bits per heavy atom. The first-order valence-electron chi connectivity index (χ1n) is 9.25. The zero-order valence-corrected chi connectivity index (χ0v) is 15.1. The summed E-state index contributed by atoms with van der Waals surface area (Å²) in [6.45, 7) is 2.18. The van der Waals surface area contributed by atoms with Crippen LogP contribution in [0.25, 0.3) is 0 Å². The number of benzene rings is 1. The minimum atomic E-state index is -0.291. The molecule has 1 aromatic carbocycles. The van der Waals surface area contributed by atoms with Crippen molar-refractivity contribution in [3.8, 4) is 0 Å². The molecule has 0 atom stereocenters. The van der Waals surface area contributed by atoms with Gasteiger partial charge in [-0.1, -0.05) is 37.8 Å². The maximum Gasteiger partial charge on any atom is 0.270 e. The van der Waals surface area contributed by atoms with Gasteiger partial charge in [0, 0.05) is 18.3 Å². The third-order valence-electron chi connectivity index (χ3n) is 4.64. The van der Waals surface area contributed by atoms with Gasteiger partial charge in [-0.3, -0.25) is 4.79 Å². The van der Waals surface area contributed by atoms with E-state index in [9.17, 15) is 9.18 Å². The fraction of sp³-hybridized carbons (Fsp3) is 0.450.